The molecule has 1 rings (SSSR count). The predicted octanol–water partition coefficient (Wildman–Crippen LogP) is 2.45. The van der Waals surface area contributed by atoms with Crippen molar-refractivity contribution in [1.82, 2.24) is 10.2 Å². The van der Waals surface area contributed by atoms with Gasteiger partial charge in [-0.25, -0.2) is 0 Å². The standard InChI is InChI=1S/C13H23N3S/c1-5-14-13(16(3)4)15-10-11(2)9-12-7-6-8-17-12/h6-8,11H,5,9-10H2,1-4H3,(H,14,15). The molecule has 1 atom stereocenters. The minimum Gasteiger partial charge on any atom is -0.357 e. The molecule has 1 aromatic heterocycles. The maximum atomic E-state index is 4.63. The van der Waals surface area contributed by atoms with Gasteiger partial charge in [-0.3, -0.25) is 4.99 Å². The van der Waals surface area contributed by atoms with E-state index in [9.17, 15) is 0 Å². The number of guanidine groups is 1. The molecule has 96 valence electrons. The SMILES string of the molecule is CCNC(=NCC(C)Cc1cccs1)N(C)C. The van der Waals surface area contributed by atoms with Gasteiger partial charge in [-0.05, 0) is 30.7 Å². The third kappa shape index (κ3) is 5.22. The van der Waals surface area contributed by atoms with Crippen molar-refractivity contribution >= 4 is 17.3 Å². The Morgan fingerprint density at radius 1 is 1.53 bits per heavy atom. The van der Waals surface area contributed by atoms with Crippen LogP contribution in [0.5, 0.6) is 0 Å². The molecule has 0 bridgehead atoms. The van der Waals surface area contributed by atoms with Crippen LogP contribution >= 0.6 is 11.3 Å². The van der Waals surface area contributed by atoms with Crippen molar-refractivity contribution in [3.05, 3.63) is 22.4 Å². The van der Waals surface area contributed by atoms with Gasteiger partial charge in [0.25, 0.3) is 0 Å². The number of hydrogen-bond acceptors (Lipinski definition) is 2. The molecule has 0 aliphatic rings. The Labute approximate surface area is 109 Å². The van der Waals surface area contributed by atoms with Crippen LogP contribution in [0.4, 0.5) is 0 Å². The maximum Gasteiger partial charge on any atom is 0.193 e. The molecule has 0 amide bonds. The predicted molar refractivity (Wildman–Crippen MR) is 76.9 cm³/mol. The lowest BCUT2D eigenvalue weighted by Gasteiger charge is -2.17. The summed E-state index contributed by atoms with van der Waals surface area (Å²) in [4.78, 5) is 8.11. The molecule has 0 spiro atoms. The first-order valence-electron chi connectivity index (χ1n) is 6.11. The molecule has 1 N–H and O–H groups in total. The Hall–Kier alpha value is -1.03. The first kappa shape index (κ1) is 14.0. The van der Waals surface area contributed by atoms with Crippen molar-refractivity contribution in [3.63, 3.8) is 0 Å². The van der Waals surface area contributed by atoms with Crippen molar-refractivity contribution in [2.24, 2.45) is 10.9 Å². The lowest BCUT2D eigenvalue weighted by atomic mass is 10.1. The number of hydrogen-bond donors (Lipinski definition) is 1. The Morgan fingerprint density at radius 3 is 2.82 bits per heavy atom. The van der Waals surface area contributed by atoms with Crippen molar-refractivity contribution in [1.29, 1.82) is 0 Å². The molecule has 1 heterocycles. The van der Waals surface area contributed by atoms with Gasteiger partial charge < -0.3 is 10.2 Å². The van der Waals surface area contributed by atoms with Crippen molar-refractivity contribution in [3.8, 4) is 0 Å². The first-order chi connectivity index (χ1) is 8.13. The second kappa shape index (κ2) is 7.33. The van der Waals surface area contributed by atoms with E-state index in [0.717, 1.165) is 25.5 Å². The molecule has 3 nitrogen and oxygen atoms in total. The van der Waals surface area contributed by atoms with E-state index in [0.29, 0.717) is 5.92 Å². The topological polar surface area (TPSA) is 27.6 Å². The third-order valence-electron chi connectivity index (χ3n) is 2.44. The normalized spacial score (nSPS) is 13.5. The average Bonchev–Trinajstić information content (AvgIpc) is 2.76. The summed E-state index contributed by atoms with van der Waals surface area (Å²) in [6.45, 7) is 6.13. The largest absolute Gasteiger partial charge is 0.357 e. The van der Waals surface area contributed by atoms with Crippen molar-refractivity contribution < 1.29 is 0 Å². The zero-order chi connectivity index (χ0) is 12.7. The van der Waals surface area contributed by atoms with Crippen LogP contribution in [-0.4, -0.2) is 38.0 Å². The van der Waals surface area contributed by atoms with Crippen molar-refractivity contribution in [2.45, 2.75) is 20.3 Å². The third-order valence-corrected chi connectivity index (χ3v) is 3.34. The summed E-state index contributed by atoms with van der Waals surface area (Å²) in [6, 6.07) is 4.31. The Balaban J connectivity index is 2.44. The molecule has 4 heteroatoms. The monoisotopic (exact) mass is 253 g/mol. The fourth-order valence-electron chi connectivity index (χ4n) is 1.59. The van der Waals surface area contributed by atoms with E-state index >= 15 is 0 Å². The lowest BCUT2D eigenvalue weighted by molar-refractivity contribution is 0.556. The fraction of sp³-hybridized carbons (Fsp3) is 0.615. The van der Waals surface area contributed by atoms with Crippen LogP contribution in [0.2, 0.25) is 0 Å². The number of rotatable bonds is 5. The highest BCUT2D eigenvalue weighted by Gasteiger charge is 2.05. The van der Waals surface area contributed by atoms with Gasteiger partial charge in [-0.15, -0.1) is 11.3 Å². The molecule has 0 aliphatic carbocycles. The van der Waals surface area contributed by atoms with Gasteiger partial charge in [0.2, 0.25) is 0 Å². The second-order valence-corrected chi connectivity index (χ2v) is 5.51. The van der Waals surface area contributed by atoms with Crippen molar-refractivity contribution in [2.75, 3.05) is 27.2 Å². The lowest BCUT2D eigenvalue weighted by Crippen LogP contribution is -2.36. The molecule has 1 aromatic rings. The summed E-state index contributed by atoms with van der Waals surface area (Å²) in [5, 5.41) is 5.41. The summed E-state index contributed by atoms with van der Waals surface area (Å²) in [5.74, 6) is 1.56. The van der Waals surface area contributed by atoms with Crippen LogP contribution in [0.25, 0.3) is 0 Å². The van der Waals surface area contributed by atoms with Crippen LogP contribution in [0.3, 0.4) is 0 Å². The molecular weight excluding hydrogens is 230 g/mol. The number of thiophene rings is 1. The Morgan fingerprint density at radius 2 is 2.29 bits per heavy atom. The van der Waals surface area contributed by atoms with Gasteiger partial charge >= 0.3 is 0 Å². The number of nitrogens with zero attached hydrogens (tertiary/aromatic N) is 2. The molecule has 0 radical (unpaired) electrons. The van der Waals surface area contributed by atoms with E-state index in [1.807, 2.05) is 30.3 Å². The van der Waals surface area contributed by atoms with E-state index in [-0.39, 0.29) is 0 Å². The van der Waals surface area contributed by atoms with E-state index in [4.69, 9.17) is 0 Å². The molecule has 1 unspecified atom stereocenters. The zero-order valence-corrected chi connectivity index (χ0v) is 12.0. The molecular formula is C13H23N3S. The number of nitrogens with one attached hydrogen (secondary N) is 1. The quantitative estimate of drug-likeness (QED) is 0.645. The zero-order valence-electron chi connectivity index (χ0n) is 11.2. The minimum atomic E-state index is 0.585. The van der Waals surface area contributed by atoms with Crippen LogP contribution in [0.15, 0.2) is 22.5 Å². The summed E-state index contributed by atoms with van der Waals surface area (Å²) in [5.41, 5.74) is 0. The van der Waals surface area contributed by atoms with E-state index < -0.39 is 0 Å². The van der Waals surface area contributed by atoms with Crippen LogP contribution in [0, 0.1) is 5.92 Å². The van der Waals surface area contributed by atoms with Gasteiger partial charge in [-0.1, -0.05) is 13.0 Å². The van der Waals surface area contributed by atoms with Gasteiger partial charge in [0, 0.05) is 32.1 Å². The second-order valence-electron chi connectivity index (χ2n) is 4.48. The molecule has 0 aromatic carbocycles. The highest BCUT2D eigenvalue weighted by atomic mass is 32.1. The maximum absolute atomic E-state index is 4.63. The van der Waals surface area contributed by atoms with Crippen LogP contribution in [0.1, 0.15) is 18.7 Å². The highest BCUT2D eigenvalue weighted by Crippen LogP contribution is 2.14. The Kier molecular flexibility index (Phi) is 6.05. The first-order valence-corrected chi connectivity index (χ1v) is 6.99. The highest BCUT2D eigenvalue weighted by molar-refractivity contribution is 7.09. The summed E-state index contributed by atoms with van der Waals surface area (Å²) in [7, 11) is 4.04. The summed E-state index contributed by atoms with van der Waals surface area (Å²) < 4.78 is 0. The van der Waals surface area contributed by atoms with Gasteiger partial charge in [0.15, 0.2) is 5.96 Å². The summed E-state index contributed by atoms with van der Waals surface area (Å²) >= 11 is 1.83. The summed E-state index contributed by atoms with van der Waals surface area (Å²) in [6.07, 6.45) is 1.12. The number of aliphatic imine (C=N–C) groups is 1. The van der Waals surface area contributed by atoms with E-state index in [1.54, 1.807) is 0 Å². The smallest absolute Gasteiger partial charge is 0.193 e. The van der Waals surface area contributed by atoms with E-state index in [2.05, 4.69) is 41.7 Å². The fourth-order valence-corrected chi connectivity index (χ4v) is 2.46. The average molecular weight is 253 g/mol. The van der Waals surface area contributed by atoms with Gasteiger partial charge in [0.1, 0.15) is 0 Å². The van der Waals surface area contributed by atoms with Crippen LogP contribution < -0.4 is 5.32 Å². The Bertz CT molecular complexity index is 330. The minimum absolute atomic E-state index is 0.585. The van der Waals surface area contributed by atoms with Gasteiger partial charge in [0.05, 0.1) is 0 Å². The molecule has 0 saturated heterocycles. The van der Waals surface area contributed by atoms with E-state index in [1.165, 1.54) is 4.88 Å². The molecule has 0 aliphatic heterocycles. The molecule has 0 fully saturated rings. The molecule has 17 heavy (non-hydrogen) atoms. The van der Waals surface area contributed by atoms with Crippen LogP contribution in [-0.2, 0) is 6.42 Å². The molecule has 0 saturated carbocycles. The van der Waals surface area contributed by atoms with Gasteiger partial charge in [-0.2, -0.15) is 0 Å².